The van der Waals surface area contributed by atoms with Crippen LogP contribution in [0.1, 0.15) is 10.6 Å². The summed E-state index contributed by atoms with van der Waals surface area (Å²) in [5.74, 6) is 0.567. The lowest BCUT2D eigenvalue weighted by molar-refractivity contribution is 0.0649. The number of fused-ring (bicyclic) bond motifs is 1. The van der Waals surface area contributed by atoms with Crippen LogP contribution in [0.2, 0.25) is 0 Å². The highest BCUT2D eigenvalue weighted by molar-refractivity contribution is 5.94. The molecule has 2 heterocycles. The Morgan fingerprint density at radius 2 is 1.79 bits per heavy atom. The van der Waals surface area contributed by atoms with E-state index in [4.69, 9.17) is 0 Å². The Kier molecular flexibility index (Phi) is 2.98. The van der Waals surface area contributed by atoms with E-state index >= 15 is 0 Å². The number of benzene rings is 1. The molecule has 0 atom stereocenters. The third kappa shape index (κ3) is 2.10. The summed E-state index contributed by atoms with van der Waals surface area (Å²) in [6.07, 6.45) is 0. The second-order valence-corrected chi connectivity index (χ2v) is 5.08. The van der Waals surface area contributed by atoms with Crippen LogP contribution in [0.3, 0.4) is 0 Å². The maximum absolute atomic E-state index is 12.5. The molecule has 0 radical (unpaired) electrons. The van der Waals surface area contributed by atoms with Gasteiger partial charge in [0.15, 0.2) is 5.82 Å². The summed E-state index contributed by atoms with van der Waals surface area (Å²) >= 11 is 0. The molecule has 0 unspecified atom stereocenters. The number of likely N-dealkylation sites (N-methyl/N-ethyl adjacent to an activating group) is 1. The van der Waals surface area contributed by atoms with Crippen LogP contribution in [0.15, 0.2) is 24.3 Å². The van der Waals surface area contributed by atoms with Gasteiger partial charge in [0, 0.05) is 33.2 Å². The number of amides is 1. The van der Waals surface area contributed by atoms with Crippen molar-refractivity contribution in [1.82, 2.24) is 19.4 Å². The Bertz CT molecular complexity index is 611. The molecule has 100 valence electrons. The molecular weight excluding hydrogens is 240 g/mol. The van der Waals surface area contributed by atoms with Gasteiger partial charge in [0.25, 0.3) is 5.91 Å². The van der Waals surface area contributed by atoms with E-state index in [1.54, 1.807) is 0 Å². The van der Waals surface area contributed by atoms with Gasteiger partial charge >= 0.3 is 0 Å². The van der Waals surface area contributed by atoms with Gasteiger partial charge in [-0.1, -0.05) is 12.1 Å². The summed E-state index contributed by atoms with van der Waals surface area (Å²) < 4.78 is 1.88. The number of hydrogen-bond acceptors (Lipinski definition) is 3. The second kappa shape index (κ2) is 4.66. The smallest absolute Gasteiger partial charge is 0.289 e. The van der Waals surface area contributed by atoms with Crippen molar-refractivity contribution in [1.29, 1.82) is 0 Å². The zero-order valence-corrected chi connectivity index (χ0v) is 11.3. The van der Waals surface area contributed by atoms with Crippen LogP contribution in [-0.4, -0.2) is 58.5 Å². The van der Waals surface area contributed by atoms with E-state index in [1.807, 2.05) is 40.8 Å². The van der Waals surface area contributed by atoms with Gasteiger partial charge in [0.1, 0.15) is 0 Å². The summed E-state index contributed by atoms with van der Waals surface area (Å²) in [6.45, 7) is 3.41. The fourth-order valence-electron chi connectivity index (χ4n) is 2.49. The SMILES string of the molecule is CN1CCN(C(=O)c2nc3ccccc3n2C)CC1. The van der Waals surface area contributed by atoms with E-state index in [1.165, 1.54) is 0 Å². The lowest BCUT2D eigenvalue weighted by Gasteiger charge is -2.32. The van der Waals surface area contributed by atoms with Crippen molar-refractivity contribution in [3.63, 3.8) is 0 Å². The molecule has 0 bridgehead atoms. The van der Waals surface area contributed by atoms with Gasteiger partial charge in [-0.05, 0) is 19.2 Å². The van der Waals surface area contributed by atoms with Crippen LogP contribution in [0.5, 0.6) is 0 Å². The molecule has 3 rings (SSSR count). The van der Waals surface area contributed by atoms with Gasteiger partial charge in [0.2, 0.25) is 0 Å². The van der Waals surface area contributed by atoms with E-state index in [9.17, 15) is 4.79 Å². The molecule has 1 fully saturated rings. The first-order valence-corrected chi connectivity index (χ1v) is 6.56. The highest BCUT2D eigenvalue weighted by Crippen LogP contribution is 2.16. The highest BCUT2D eigenvalue weighted by atomic mass is 16.2. The van der Waals surface area contributed by atoms with Gasteiger partial charge in [-0.25, -0.2) is 4.98 Å². The van der Waals surface area contributed by atoms with Crippen molar-refractivity contribution in [2.45, 2.75) is 0 Å². The maximum Gasteiger partial charge on any atom is 0.289 e. The molecule has 0 N–H and O–H groups in total. The van der Waals surface area contributed by atoms with Gasteiger partial charge in [-0.3, -0.25) is 4.79 Å². The van der Waals surface area contributed by atoms with Gasteiger partial charge in [-0.2, -0.15) is 0 Å². The minimum Gasteiger partial charge on any atom is -0.333 e. The number of aryl methyl sites for hydroxylation is 1. The molecular formula is C14H18N4O. The van der Waals surface area contributed by atoms with Crippen LogP contribution >= 0.6 is 0 Å². The fraction of sp³-hybridized carbons (Fsp3) is 0.429. The Morgan fingerprint density at radius 3 is 2.47 bits per heavy atom. The lowest BCUT2D eigenvalue weighted by Crippen LogP contribution is -2.47. The standard InChI is InChI=1S/C14H18N4O/c1-16-7-9-18(10-8-16)14(19)13-15-11-5-3-4-6-12(11)17(13)2/h3-6H,7-10H2,1-2H3. The van der Waals surface area contributed by atoms with E-state index < -0.39 is 0 Å². The molecule has 1 amide bonds. The quantitative estimate of drug-likeness (QED) is 0.765. The largest absolute Gasteiger partial charge is 0.333 e. The van der Waals surface area contributed by atoms with Crippen molar-refractivity contribution in [3.05, 3.63) is 30.1 Å². The Labute approximate surface area is 112 Å². The third-order valence-electron chi connectivity index (χ3n) is 3.77. The second-order valence-electron chi connectivity index (χ2n) is 5.08. The molecule has 1 aliphatic heterocycles. The summed E-state index contributed by atoms with van der Waals surface area (Å²) in [6, 6.07) is 7.84. The molecule has 1 aliphatic rings. The fourth-order valence-corrected chi connectivity index (χ4v) is 2.49. The number of imidazole rings is 1. The number of carbonyl (C=O) groups excluding carboxylic acids is 1. The van der Waals surface area contributed by atoms with Crippen LogP contribution < -0.4 is 0 Å². The number of piperazine rings is 1. The number of para-hydroxylation sites is 2. The van der Waals surface area contributed by atoms with E-state index in [2.05, 4.69) is 16.9 Å². The Morgan fingerprint density at radius 1 is 1.11 bits per heavy atom. The number of carbonyl (C=O) groups is 1. The molecule has 1 aromatic heterocycles. The van der Waals surface area contributed by atoms with Crippen LogP contribution in [0, 0.1) is 0 Å². The summed E-state index contributed by atoms with van der Waals surface area (Å²) in [7, 11) is 3.98. The molecule has 0 spiro atoms. The lowest BCUT2D eigenvalue weighted by atomic mass is 10.3. The Hall–Kier alpha value is -1.88. The predicted molar refractivity (Wildman–Crippen MR) is 74.1 cm³/mol. The normalized spacial score (nSPS) is 17.1. The minimum absolute atomic E-state index is 0.0341. The zero-order chi connectivity index (χ0) is 13.4. The Balaban J connectivity index is 1.91. The minimum atomic E-state index is 0.0341. The van der Waals surface area contributed by atoms with Crippen molar-refractivity contribution in [3.8, 4) is 0 Å². The average Bonchev–Trinajstić information content (AvgIpc) is 2.77. The summed E-state index contributed by atoms with van der Waals surface area (Å²) in [4.78, 5) is 21.1. The number of aromatic nitrogens is 2. The average molecular weight is 258 g/mol. The molecule has 19 heavy (non-hydrogen) atoms. The maximum atomic E-state index is 12.5. The zero-order valence-electron chi connectivity index (χ0n) is 11.3. The molecule has 5 heteroatoms. The van der Waals surface area contributed by atoms with Crippen LogP contribution in [0.25, 0.3) is 11.0 Å². The van der Waals surface area contributed by atoms with Gasteiger partial charge in [0.05, 0.1) is 11.0 Å². The van der Waals surface area contributed by atoms with Crippen molar-refractivity contribution in [2.75, 3.05) is 33.2 Å². The number of hydrogen-bond donors (Lipinski definition) is 0. The first-order chi connectivity index (χ1) is 9.16. The topological polar surface area (TPSA) is 41.4 Å². The van der Waals surface area contributed by atoms with Crippen molar-refractivity contribution < 1.29 is 4.79 Å². The van der Waals surface area contributed by atoms with E-state index in [0.717, 1.165) is 37.2 Å². The summed E-state index contributed by atoms with van der Waals surface area (Å²) in [5.41, 5.74) is 1.88. The monoisotopic (exact) mass is 258 g/mol. The van der Waals surface area contributed by atoms with Crippen molar-refractivity contribution in [2.24, 2.45) is 7.05 Å². The number of nitrogens with zero attached hydrogens (tertiary/aromatic N) is 4. The molecule has 0 saturated carbocycles. The van der Waals surface area contributed by atoms with Gasteiger partial charge < -0.3 is 14.4 Å². The first-order valence-electron chi connectivity index (χ1n) is 6.56. The van der Waals surface area contributed by atoms with Crippen molar-refractivity contribution >= 4 is 16.9 Å². The van der Waals surface area contributed by atoms with E-state index in [-0.39, 0.29) is 5.91 Å². The molecule has 2 aromatic rings. The molecule has 1 aromatic carbocycles. The first kappa shape index (κ1) is 12.2. The highest BCUT2D eigenvalue weighted by Gasteiger charge is 2.24. The molecule has 5 nitrogen and oxygen atoms in total. The van der Waals surface area contributed by atoms with E-state index in [0.29, 0.717) is 5.82 Å². The third-order valence-corrected chi connectivity index (χ3v) is 3.77. The van der Waals surface area contributed by atoms with Gasteiger partial charge in [-0.15, -0.1) is 0 Å². The van der Waals surface area contributed by atoms with Crippen LogP contribution in [-0.2, 0) is 7.05 Å². The molecule has 1 saturated heterocycles. The number of rotatable bonds is 1. The molecule has 0 aliphatic carbocycles. The summed E-state index contributed by atoms with van der Waals surface area (Å²) in [5, 5.41) is 0. The van der Waals surface area contributed by atoms with Crippen LogP contribution in [0.4, 0.5) is 0 Å². The predicted octanol–water partition coefficient (Wildman–Crippen LogP) is 0.961.